The van der Waals surface area contributed by atoms with Gasteiger partial charge >= 0.3 is 0 Å². The van der Waals surface area contributed by atoms with Crippen molar-refractivity contribution in [1.82, 2.24) is 38.5 Å². The van der Waals surface area contributed by atoms with Crippen LogP contribution in [0.4, 0.5) is 0 Å². The van der Waals surface area contributed by atoms with Crippen molar-refractivity contribution in [3.8, 4) is 34.4 Å². The lowest BCUT2D eigenvalue weighted by Crippen LogP contribution is -2.13. The van der Waals surface area contributed by atoms with E-state index in [2.05, 4.69) is 65.2 Å². The van der Waals surface area contributed by atoms with E-state index < -0.39 is 0 Å². The maximum atomic E-state index is 13.8. The van der Waals surface area contributed by atoms with Crippen molar-refractivity contribution in [2.24, 2.45) is 0 Å². The van der Waals surface area contributed by atoms with Crippen LogP contribution in [-0.2, 0) is 0 Å². The largest absolute Gasteiger partial charge is 0.282 e. The Bertz CT molecular complexity index is 3660. The van der Waals surface area contributed by atoms with Crippen molar-refractivity contribution in [3.63, 3.8) is 0 Å². The predicted octanol–water partition coefficient (Wildman–Crippen LogP) is 10.1. The lowest BCUT2D eigenvalue weighted by atomic mass is 10.1. The molecule has 0 fully saturated rings. The fourth-order valence-corrected chi connectivity index (χ4v) is 8.38. The van der Waals surface area contributed by atoms with E-state index in [1.807, 2.05) is 118 Å². The third-order valence-corrected chi connectivity index (χ3v) is 10.9. The molecule has 5 aromatic heterocycles. The lowest BCUT2D eigenvalue weighted by molar-refractivity contribution is 0.969. The van der Waals surface area contributed by atoms with Gasteiger partial charge in [0, 0.05) is 32.7 Å². The standard InChI is InChI=1S/C48H28N8O/c57-45-34-22-10-14-26-39(34)55-42-28-40-35(27-41(42)56(48(55)53-45)47-50-37-24-12-8-21-33(37)44(52-47)30-17-5-2-6-18-30)31-19-9-13-25-38(31)54(40)46-49-36-23-11-7-20-32(36)43(51-46)29-15-3-1-4-16-29/h1-28H. The summed E-state index contributed by atoms with van der Waals surface area (Å²) in [5.41, 5.74) is 9.16. The van der Waals surface area contributed by atoms with Crippen LogP contribution < -0.4 is 5.56 Å². The summed E-state index contributed by atoms with van der Waals surface area (Å²) in [7, 11) is 0. The van der Waals surface area contributed by atoms with Gasteiger partial charge in [0.15, 0.2) is 0 Å². The fourth-order valence-electron chi connectivity index (χ4n) is 8.38. The van der Waals surface area contributed by atoms with Crippen LogP contribution in [0, 0.1) is 0 Å². The third kappa shape index (κ3) is 4.63. The number of benzene rings is 7. The monoisotopic (exact) mass is 732 g/mol. The predicted molar refractivity (Wildman–Crippen MR) is 227 cm³/mol. The number of imidazole rings is 1. The number of rotatable bonds is 4. The van der Waals surface area contributed by atoms with Gasteiger partial charge in [-0.15, -0.1) is 0 Å². The second kappa shape index (κ2) is 12.0. The van der Waals surface area contributed by atoms with Gasteiger partial charge in [0.25, 0.3) is 5.56 Å². The second-order valence-corrected chi connectivity index (χ2v) is 14.1. The minimum absolute atomic E-state index is 0.323. The normalized spacial score (nSPS) is 11.9. The van der Waals surface area contributed by atoms with Gasteiger partial charge in [-0.05, 0) is 42.5 Å². The van der Waals surface area contributed by atoms with Gasteiger partial charge < -0.3 is 0 Å². The second-order valence-electron chi connectivity index (χ2n) is 14.1. The highest BCUT2D eigenvalue weighted by Gasteiger charge is 2.24. The van der Waals surface area contributed by atoms with Crippen LogP contribution in [-0.4, -0.2) is 38.5 Å². The van der Waals surface area contributed by atoms with E-state index in [-0.39, 0.29) is 5.56 Å². The van der Waals surface area contributed by atoms with Gasteiger partial charge in [-0.25, -0.2) is 24.5 Å². The van der Waals surface area contributed by atoms with Gasteiger partial charge in [-0.3, -0.25) is 13.8 Å². The summed E-state index contributed by atoms with van der Waals surface area (Å²) in [6.45, 7) is 0. The van der Waals surface area contributed by atoms with Crippen molar-refractivity contribution in [2.45, 2.75) is 0 Å². The molecule has 0 N–H and O–H groups in total. The Hall–Kier alpha value is -8.04. The molecule has 12 aromatic rings. The van der Waals surface area contributed by atoms with E-state index in [9.17, 15) is 4.79 Å². The van der Waals surface area contributed by atoms with E-state index in [1.54, 1.807) is 0 Å². The van der Waals surface area contributed by atoms with Crippen LogP contribution in [0.25, 0.3) is 106 Å². The van der Waals surface area contributed by atoms with Crippen molar-refractivity contribution in [2.75, 3.05) is 0 Å². The molecule has 0 atom stereocenters. The highest BCUT2D eigenvalue weighted by atomic mass is 16.1. The van der Waals surface area contributed by atoms with Crippen molar-refractivity contribution >= 4 is 71.3 Å². The minimum Gasteiger partial charge on any atom is -0.278 e. The van der Waals surface area contributed by atoms with E-state index in [0.29, 0.717) is 23.1 Å². The number of aromatic nitrogens is 8. The van der Waals surface area contributed by atoms with Crippen LogP contribution in [0.5, 0.6) is 0 Å². The van der Waals surface area contributed by atoms with Gasteiger partial charge in [0.2, 0.25) is 17.7 Å². The Morgan fingerprint density at radius 1 is 0.351 bits per heavy atom. The minimum atomic E-state index is -0.323. The van der Waals surface area contributed by atoms with E-state index in [1.165, 1.54) is 0 Å². The zero-order chi connectivity index (χ0) is 37.6. The van der Waals surface area contributed by atoms with Crippen molar-refractivity contribution in [3.05, 3.63) is 180 Å². The van der Waals surface area contributed by atoms with Crippen molar-refractivity contribution in [1.29, 1.82) is 0 Å². The number of nitrogens with zero attached hydrogens (tertiary/aromatic N) is 8. The molecule has 7 aromatic carbocycles. The smallest absolute Gasteiger partial charge is 0.278 e. The van der Waals surface area contributed by atoms with Crippen LogP contribution in [0.15, 0.2) is 175 Å². The third-order valence-electron chi connectivity index (χ3n) is 10.9. The summed E-state index contributed by atoms with van der Waals surface area (Å²) in [5, 5.41) is 4.44. The first kappa shape index (κ1) is 31.3. The van der Waals surface area contributed by atoms with E-state index in [0.717, 1.165) is 82.7 Å². The molecule has 12 rings (SSSR count). The zero-order valence-electron chi connectivity index (χ0n) is 30.2. The number of hydrogen-bond donors (Lipinski definition) is 0. The Labute approximate surface area is 323 Å². The maximum Gasteiger partial charge on any atom is 0.282 e. The zero-order valence-corrected chi connectivity index (χ0v) is 30.2. The molecule has 5 heterocycles. The average molecular weight is 733 g/mol. The first-order chi connectivity index (χ1) is 28.2. The van der Waals surface area contributed by atoms with Crippen LogP contribution in [0.3, 0.4) is 0 Å². The summed E-state index contributed by atoms with van der Waals surface area (Å²) in [4.78, 5) is 39.5. The molecule has 0 bridgehead atoms. The van der Waals surface area contributed by atoms with E-state index >= 15 is 0 Å². The Morgan fingerprint density at radius 3 is 1.49 bits per heavy atom. The molecular weight excluding hydrogens is 705 g/mol. The van der Waals surface area contributed by atoms with Gasteiger partial charge in [0.1, 0.15) is 0 Å². The highest BCUT2D eigenvalue weighted by Crippen LogP contribution is 2.38. The molecule has 0 unspecified atom stereocenters. The molecule has 9 nitrogen and oxygen atoms in total. The molecule has 0 aliphatic rings. The molecule has 0 aliphatic carbocycles. The molecule has 266 valence electrons. The molecule has 0 spiro atoms. The molecule has 0 aliphatic heterocycles. The summed E-state index contributed by atoms with van der Waals surface area (Å²) in [6.07, 6.45) is 0. The summed E-state index contributed by atoms with van der Waals surface area (Å²) in [5.74, 6) is 1.39. The molecule has 0 saturated heterocycles. The molecule has 0 saturated carbocycles. The Balaban J connectivity index is 1.24. The van der Waals surface area contributed by atoms with Gasteiger partial charge in [-0.2, -0.15) is 4.98 Å². The topological polar surface area (TPSA) is 95.8 Å². The average Bonchev–Trinajstić information content (AvgIpc) is 3.77. The number of hydrogen-bond acceptors (Lipinski definition) is 6. The first-order valence-corrected chi connectivity index (χ1v) is 18.7. The fraction of sp³-hybridized carbons (Fsp3) is 0. The molecule has 9 heteroatoms. The summed E-state index contributed by atoms with van der Waals surface area (Å²) in [6, 6.07) is 56.8. The van der Waals surface area contributed by atoms with Gasteiger partial charge in [0.05, 0.1) is 55.4 Å². The highest BCUT2D eigenvalue weighted by molar-refractivity contribution is 6.14. The molecular formula is C48H28N8O. The van der Waals surface area contributed by atoms with E-state index in [4.69, 9.17) is 24.9 Å². The lowest BCUT2D eigenvalue weighted by Gasteiger charge is -2.12. The quantitative estimate of drug-likeness (QED) is 0.179. The summed E-state index contributed by atoms with van der Waals surface area (Å²) >= 11 is 0. The molecule has 57 heavy (non-hydrogen) atoms. The number of fused-ring (bicyclic) bond motifs is 10. The van der Waals surface area contributed by atoms with Crippen LogP contribution in [0.1, 0.15) is 0 Å². The SMILES string of the molecule is O=c1nc2n(-c3nc(-c4ccccc4)c4ccccc4n3)c3cc4c5ccccc5n(-c5nc(-c6ccccc6)c6ccccc6n5)c4cc3n2c2ccccc12. The Kier molecular flexibility index (Phi) is 6.58. The first-order valence-electron chi connectivity index (χ1n) is 18.7. The molecule has 0 radical (unpaired) electrons. The van der Waals surface area contributed by atoms with Crippen molar-refractivity contribution < 1.29 is 0 Å². The molecule has 0 amide bonds. The van der Waals surface area contributed by atoms with Crippen LogP contribution in [0.2, 0.25) is 0 Å². The maximum absolute atomic E-state index is 13.8. The number of para-hydroxylation sites is 4. The Morgan fingerprint density at radius 2 is 0.860 bits per heavy atom. The van der Waals surface area contributed by atoms with Crippen LogP contribution >= 0.6 is 0 Å². The van der Waals surface area contributed by atoms with Gasteiger partial charge in [-0.1, -0.05) is 127 Å². The summed E-state index contributed by atoms with van der Waals surface area (Å²) < 4.78 is 6.11.